The highest BCUT2D eigenvalue weighted by atomic mass is 32.1. The van der Waals surface area contributed by atoms with Crippen LogP contribution in [0.15, 0.2) is 54.7 Å². The minimum Gasteiger partial charge on any atom is -0.423 e. The summed E-state index contributed by atoms with van der Waals surface area (Å²) in [5.41, 5.74) is 0.501. The molecule has 0 aliphatic carbocycles. The zero-order valence-corrected chi connectivity index (χ0v) is 14.0. The Morgan fingerprint density at radius 2 is 1.69 bits per heavy atom. The van der Waals surface area contributed by atoms with Crippen LogP contribution >= 0.6 is 11.3 Å². The van der Waals surface area contributed by atoms with Crippen molar-refractivity contribution >= 4 is 44.1 Å². The van der Waals surface area contributed by atoms with E-state index in [1.165, 1.54) is 11.3 Å². The second kappa shape index (κ2) is 6.08. The predicted molar refractivity (Wildman–Crippen MR) is 97.4 cm³/mol. The van der Waals surface area contributed by atoms with Crippen LogP contribution in [0.2, 0.25) is 0 Å². The number of hydrogen-bond donors (Lipinski definition) is 2. The number of fused-ring (bicyclic) bond motifs is 3. The van der Waals surface area contributed by atoms with Gasteiger partial charge in [-0.15, -0.1) is 11.3 Å². The van der Waals surface area contributed by atoms with E-state index in [1.807, 2.05) is 12.1 Å². The fourth-order valence-electron chi connectivity index (χ4n) is 2.88. The Balaban J connectivity index is 1.86. The second-order valence-corrected chi connectivity index (χ2v) is 6.95. The maximum atomic E-state index is 12.9. The minimum atomic E-state index is -4.42. The summed E-state index contributed by atoms with van der Waals surface area (Å²) in [5.74, 6) is 0. The van der Waals surface area contributed by atoms with Crippen molar-refractivity contribution in [2.45, 2.75) is 6.18 Å². The van der Waals surface area contributed by atoms with Crippen molar-refractivity contribution in [3.05, 3.63) is 60.3 Å². The van der Waals surface area contributed by atoms with Gasteiger partial charge < -0.3 is 10.0 Å². The molecule has 3 nitrogen and oxygen atoms in total. The van der Waals surface area contributed by atoms with Crippen LogP contribution in [0.5, 0.6) is 0 Å². The van der Waals surface area contributed by atoms with Crippen molar-refractivity contribution < 1.29 is 23.2 Å². The number of alkyl halides is 3. The standard InChI is InChI=1S/C18H11BF3NO2S/c20-18(21,22)11-5-6-23-15(8-11)10-1-4-16-14(7-10)13-3-2-12(19(24)25)9-17(13)26-16/h1-9,24-25H. The summed E-state index contributed by atoms with van der Waals surface area (Å²) in [6, 6.07) is 12.5. The molecule has 0 bridgehead atoms. The minimum absolute atomic E-state index is 0.253. The molecule has 0 spiro atoms. The highest BCUT2D eigenvalue weighted by molar-refractivity contribution is 7.25. The number of thiophene rings is 1. The lowest BCUT2D eigenvalue weighted by Gasteiger charge is -2.08. The first-order chi connectivity index (χ1) is 12.3. The lowest BCUT2D eigenvalue weighted by atomic mass is 9.80. The molecule has 0 radical (unpaired) electrons. The Hall–Kier alpha value is -2.42. The number of halogens is 3. The van der Waals surface area contributed by atoms with Crippen LogP contribution in [0.3, 0.4) is 0 Å². The number of benzene rings is 2. The first-order valence-electron chi connectivity index (χ1n) is 7.69. The van der Waals surface area contributed by atoms with Crippen LogP contribution in [0.1, 0.15) is 5.56 Å². The monoisotopic (exact) mass is 373 g/mol. The summed E-state index contributed by atoms with van der Waals surface area (Å²) >= 11 is 1.48. The molecule has 0 saturated heterocycles. The van der Waals surface area contributed by atoms with E-state index < -0.39 is 18.9 Å². The molecule has 0 aliphatic rings. The molecule has 2 N–H and O–H groups in total. The third kappa shape index (κ3) is 2.96. The van der Waals surface area contributed by atoms with Crippen LogP contribution in [-0.2, 0) is 6.18 Å². The third-order valence-corrected chi connectivity index (χ3v) is 5.31. The average Bonchev–Trinajstić information content (AvgIpc) is 2.98. The zero-order chi connectivity index (χ0) is 18.5. The largest absolute Gasteiger partial charge is 0.488 e. The van der Waals surface area contributed by atoms with Gasteiger partial charge in [-0.3, -0.25) is 4.98 Å². The van der Waals surface area contributed by atoms with Gasteiger partial charge in [0.1, 0.15) is 0 Å². The molecular weight excluding hydrogens is 362 g/mol. The molecule has 0 saturated carbocycles. The summed E-state index contributed by atoms with van der Waals surface area (Å²) in [6.45, 7) is 0. The Kier molecular flexibility index (Phi) is 3.98. The van der Waals surface area contributed by atoms with E-state index in [4.69, 9.17) is 0 Å². The van der Waals surface area contributed by atoms with Crippen LogP contribution in [0.25, 0.3) is 31.4 Å². The molecule has 0 fully saturated rings. The van der Waals surface area contributed by atoms with Crippen molar-refractivity contribution in [1.29, 1.82) is 0 Å². The maximum Gasteiger partial charge on any atom is 0.488 e. The molecule has 2 heterocycles. The Morgan fingerprint density at radius 1 is 0.885 bits per heavy atom. The van der Waals surface area contributed by atoms with Crippen molar-refractivity contribution in [1.82, 2.24) is 4.98 Å². The molecule has 26 heavy (non-hydrogen) atoms. The van der Waals surface area contributed by atoms with Gasteiger partial charge >= 0.3 is 13.3 Å². The van der Waals surface area contributed by atoms with Gasteiger partial charge in [0.15, 0.2) is 0 Å². The molecule has 0 aliphatic heterocycles. The first-order valence-corrected chi connectivity index (χ1v) is 8.50. The van der Waals surface area contributed by atoms with E-state index in [9.17, 15) is 23.2 Å². The number of nitrogens with zero attached hydrogens (tertiary/aromatic N) is 1. The lowest BCUT2D eigenvalue weighted by Crippen LogP contribution is -2.29. The summed E-state index contributed by atoms with van der Waals surface area (Å²) in [5, 5.41) is 20.4. The van der Waals surface area contributed by atoms with E-state index in [1.54, 1.807) is 24.3 Å². The topological polar surface area (TPSA) is 53.4 Å². The third-order valence-electron chi connectivity index (χ3n) is 4.18. The summed E-state index contributed by atoms with van der Waals surface area (Å²) < 4.78 is 40.6. The Labute approximate surface area is 150 Å². The lowest BCUT2D eigenvalue weighted by molar-refractivity contribution is -0.137. The molecule has 0 atom stereocenters. The van der Waals surface area contributed by atoms with E-state index >= 15 is 0 Å². The summed E-state index contributed by atoms with van der Waals surface area (Å²) in [6.07, 6.45) is -3.26. The van der Waals surface area contributed by atoms with Gasteiger partial charge in [-0.1, -0.05) is 18.2 Å². The molecule has 2 aromatic carbocycles. The highest BCUT2D eigenvalue weighted by Crippen LogP contribution is 2.36. The quantitative estimate of drug-likeness (QED) is 0.526. The SMILES string of the molecule is OB(O)c1ccc2c(c1)sc1ccc(-c3cc(C(F)(F)F)ccn3)cc12. The van der Waals surface area contributed by atoms with Gasteiger partial charge in [0.2, 0.25) is 0 Å². The fraction of sp³-hybridized carbons (Fsp3) is 0.0556. The number of hydrogen-bond acceptors (Lipinski definition) is 4. The first kappa shape index (κ1) is 17.0. The van der Waals surface area contributed by atoms with E-state index in [0.29, 0.717) is 11.0 Å². The molecule has 0 unspecified atom stereocenters. The Bertz CT molecular complexity index is 1120. The molecule has 0 amide bonds. The van der Waals surface area contributed by atoms with Gasteiger partial charge in [0, 0.05) is 31.9 Å². The second-order valence-electron chi connectivity index (χ2n) is 5.87. The molecule has 2 aromatic heterocycles. The average molecular weight is 373 g/mol. The summed E-state index contributed by atoms with van der Waals surface area (Å²) in [7, 11) is -1.55. The van der Waals surface area contributed by atoms with E-state index in [-0.39, 0.29) is 5.69 Å². The molecular formula is C18H11BF3NO2S. The fourth-order valence-corrected chi connectivity index (χ4v) is 4.01. The van der Waals surface area contributed by atoms with Gasteiger partial charge in [0.25, 0.3) is 0 Å². The Morgan fingerprint density at radius 3 is 2.42 bits per heavy atom. The molecule has 8 heteroatoms. The zero-order valence-electron chi connectivity index (χ0n) is 13.2. The van der Waals surface area contributed by atoms with Gasteiger partial charge in [-0.25, -0.2) is 0 Å². The number of rotatable bonds is 2. The van der Waals surface area contributed by atoms with Gasteiger partial charge in [0.05, 0.1) is 11.3 Å². The van der Waals surface area contributed by atoms with Crippen molar-refractivity contribution in [3.63, 3.8) is 0 Å². The van der Waals surface area contributed by atoms with Crippen molar-refractivity contribution in [2.75, 3.05) is 0 Å². The van der Waals surface area contributed by atoms with Crippen LogP contribution in [-0.4, -0.2) is 22.2 Å². The van der Waals surface area contributed by atoms with Crippen LogP contribution in [0, 0.1) is 0 Å². The van der Waals surface area contributed by atoms with Crippen LogP contribution in [0.4, 0.5) is 13.2 Å². The van der Waals surface area contributed by atoms with E-state index in [0.717, 1.165) is 38.5 Å². The highest BCUT2D eigenvalue weighted by Gasteiger charge is 2.30. The summed E-state index contributed by atoms with van der Waals surface area (Å²) in [4.78, 5) is 4.07. The molecule has 4 rings (SSSR count). The number of pyridine rings is 1. The van der Waals surface area contributed by atoms with Crippen molar-refractivity contribution in [3.8, 4) is 11.3 Å². The smallest absolute Gasteiger partial charge is 0.423 e. The maximum absolute atomic E-state index is 12.9. The predicted octanol–water partition coefficient (Wildman–Crippen LogP) is 3.82. The van der Waals surface area contributed by atoms with Crippen LogP contribution < -0.4 is 5.46 Å². The molecule has 130 valence electrons. The van der Waals surface area contributed by atoms with E-state index in [2.05, 4.69) is 4.98 Å². The van der Waals surface area contributed by atoms with Gasteiger partial charge in [-0.2, -0.15) is 13.2 Å². The molecule has 4 aromatic rings. The van der Waals surface area contributed by atoms with Crippen molar-refractivity contribution in [2.24, 2.45) is 0 Å². The number of aromatic nitrogens is 1. The van der Waals surface area contributed by atoms with Gasteiger partial charge in [-0.05, 0) is 35.8 Å². The normalized spacial score (nSPS) is 12.0.